The molecule has 1 N–H and O–H groups in total. The van der Waals surface area contributed by atoms with Gasteiger partial charge in [0.1, 0.15) is 0 Å². The first kappa shape index (κ1) is 19.9. The average molecular weight is 393 g/mol. The first-order valence-electron chi connectivity index (χ1n) is 9.08. The van der Waals surface area contributed by atoms with Gasteiger partial charge >= 0.3 is 0 Å². The summed E-state index contributed by atoms with van der Waals surface area (Å²) in [5.74, 6) is 0.969. The lowest BCUT2D eigenvalue weighted by Gasteiger charge is -2.09. The van der Waals surface area contributed by atoms with Gasteiger partial charge in [-0.1, -0.05) is 47.7 Å². The number of nitrogens with zero attached hydrogens (tertiary/aromatic N) is 3. The molecule has 28 heavy (non-hydrogen) atoms. The van der Waals surface area contributed by atoms with Crippen LogP contribution in [0, 0.1) is 20.8 Å². The number of nitrogens with one attached hydrogen (secondary N) is 1. The van der Waals surface area contributed by atoms with Crippen LogP contribution < -0.4 is 5.32 Å². The number of thioether (sulfide) groups is 1. The van der Waals surface area contributed by atoms with Crippen LogP contribution >= 0.6 is 11.8 Å². The summed E-state index contributed by atoms with van der Waals surface area (Å²) in [7, 11) is 0. The van der Waals surface area contributed by atoms with Gasteiger partial charge in [-0.15, -0.1) is 16.8 Å². The van der Waals surface area contributed by atoms with Gasteiger partial charge in [-0.2, -0.15) is 0 Å². The van der Waals surface area contributed by atoms with Crippen LogP contribution in [0.3, 0.4) is 0 Å². The zero-order chi connectivity index (χ0) is 20.1. The quantitative estimate of drug-likeness (QED) is 0.464. The fourth-order valence-corrected chi connectivity index (χ4v) is 3.81. The van der Waals surface area contributed by atoms with Crippen LogP contribution in [0.25, 0.3) is 11.4 Å². The molecule has 0 bridgehead atoms. The maximum absolute atomic E-state index is 12.4. The normalized spacial score (nSPS) is 10.7. The molecule has 6 heteroatoms. The summed E-state index contributed by atoms with van der Waals surface area (Å²) in [5.41, 5.74) is 5.22. The average Bonchev–Trinajstić information content (AvgIpc) is 3.02. The van der Waals surface area contributed by atoms with Crippen LogP contribution in [-0.4, -0.2) is 26.4 Å². The van der Waals surface area contributed by atoms with Crippen molar-refractivity contribution in [3.8, 4) is 11.4 Å². The molecule has 5 nitrogen and oxygen atoms in total. The number of carbonyl (C=O) groups excluding carboxylic acids is 1. The van der Waals surface area contributed by atoms with E-state index in [9.17, 15) is 4.79 Å². The third-order valence-corrected chi connectivity index (χ3v) is 5.11. The Morgan fingerprint density at radius 3 is 2.54 bits per heavy atom. The smallest absolute Gasteiger partial charge is 0.234 e. The van der Waals surface area contributed by atoms with Crippen molar-refractivity contribution in [1.82, 2.24) is 14.8 Å². The van der Waals surface area contributed by atoms with E-state index in [-0.39, 0.29) is 11.7 Å². The van der Waals surface area contributed by atoms with E-state index in [1.165, 1.54) is 11.8 Å². The second-order valence-corrected chi connectivity index (χ2v) is 7.73. The molecule has 3 rings (SSSR count). The maximum atomic E-state index is 12.4. The standard InChI is InChI=1S/C22H24N4OS/c1-5-9-26-21(18-8-6-7-15(2)11-18)24-25-22(26)28-14-20(27)23-19-12-16(3)10-17(4)13-19/h5-8,10-13H,1,9,14H2,2-4H3,(H,23,27). The Hall–Kier alpha value is -2.86. The minimum atomic E-state index is -0.0692. The molecule has 1 aromatic heterocycles. The summed E-state index contributed by atoms with van der Waals surface area (Å²) in [6.07, 6.45) is 1.81. The summed E-state index contributed by atoms with van der Waals surface area (Å²) in [4.78, 5) is 12.4. The van der Waals surface area contributed by atoms with E-state index < -0.39 is 0 Å². The first-order valence-corrected chi connectivity index (χ1v) is 10.1. The number of anilines is 1. The highest BCUT2D eigenvalue weighted by molar-refractivity contribution is 7.99. The van der Waals surface area contributed by atoms with Crippen molar-refractivity contribution in [1.29, 1.82) is 0 Å². The van der Waals surface area contributed by atoms with Crippen LogP contribution in [0.4, 0.5) is 5.69 Å². The van der Waals surface area contributed by atoms with Gasteiger partial charge in [0, 0.05) is 17.8 Å². The Kier molecular flexibility index (Phi) is 6.31. The van der Waals surface area contributed by atoms with Crippen molar-refractivity contribution in [2.24, 2.45) is 0 Å². The molecule has 0 saturated carbocycles. The molecular formula is C22H24N4OS. The van der Waals surface area contributed by atoms with E-state index in [0.29, 0.717) is 11.7 Å². The number of rotatable bonds is 7. The van der Waals surface area contributed by atoms with E-state index in [0.717, 1.165) is 33.8 Å². The molecular weight excluding hydrogens is 368 g/mol. The number of benzene rings is 2. The minimum Gasteiger partial charge on any atom is -0.325 e. The Morgan fingerprint density at radius 1 is 1.11 bits per heavy atom. The zero-order valence-electron chi connectivity index (χ0n) is 16.4. The number of aryl methyl sites for hydroxylation is 3. The second-order valence-electron chi connectivity index (χ2n) is 6.79. The lowest BCUT2D eigenvalue weighted by molar-refractivity contribution is -0.113. The van der Waals surface area contributed by atoms with Gasteiger partial charge in [-0.25, -0.2) is 0 Å². The van der Waals surface area contributed by atoms with Gasteiger partial charge in [-0.3, -0.25) is 9.36 Å². The molecule has 0 saturated heterocycles. The fourth-order valence-electron chi connectivity index (χ4n) is 3.06. The second kappa shape index (κ2) is 8.89. The summed E-state index contributed by atoms with van der Waals surface area (Å²) in [6, 6.07) is 14.1. The summed E-state index contributed by atoms with van der Waals surface area (Å²) in [6.45, 7) is 10.5. The largest absolute Gasteiger partial charge is 0.325 e. The molecule has 3 aromatic rings. The lowest BCUT2D eigenvalue weighted by Crippen LogP contribution is -2.15. The van der Waals surface area contributed by atoms with Crippen LogP contribution in [0.15, 0.2) is 60.3 Å². The Bertz CT molecular complexity index is 989. The molecule has 0 aliphatic carbocycles. The Morgan fingerprint density at radius 2 is 1.86 bits per heavy atom. The first-order chi connectivity index (χ1) is 13.5. The monoisotopic (exact) mass is 392 g/mol. The number of aromatic nitrogens is 3. The molecule has 2 aromatic carbocycles. The number of allylic oxidation sites excluding steroid dienone is 1. The van der Waals surface area contributed by atoms with Crippen LogP contribution in [0.5, 0.6) is 0 Å². The zero-order valence-corrected chi connectivity index (χ0v) is 17.2. The number of hydrogen-bond donors (Lipinski definition) is 1. The summed E-state index contributed by atoms with van der Waals surface area (Å²) < 4.78 is 1.98. The molecule has 144 valence electrons. The molecule has 0 fully saturated rings. The molecule has 0 atom stereocenters. The van der Waals surface area contributed by atoms with E-state index >= 15 is 0 Å². The molecule has 0 radical (unpaired) electrons. The van der Waals surface area contributed by atoms with Gasteiger partial charge in [0.2, 0.25) is 5.91 Å². The molecule has 0 aliphatic rings. The van der Waals surface area contributed by atoms with Crippen molar-refractivity contribution in [2.45, 2.75) is 32.5 Å². The predicted molar refractivity (Wildman–Crippen MR) is 116 cm³/mol. The van der Waals surface area contributed by atoms with Crippen molar-refractivity contribution in [2.75, 3.05) is 11.1 Å². The Labute approximate surface area is 169 Å². The van der Waals surface area contributed by atoms with Crippen molar-refractivity contribution < 1.29 is 4.79 Å². The van der Waals surface area contributed by atoms with E-state index in [1.54, 1.807) is 0 Å². The van der Waals surface area contributed by atoms with Crippen molar-refractivity contribution in [3.63, 3.8) is 0 Å². The molecule has 0 unspecified atom stereocenters. The van der Waals surface area contributed by atoms with Crippen LogP contribution in [0.2, 0.25) is 0 Å². The minimum absolute atomic E-state index is 0.0692. The number of amides is 1. The summed E-state index contributed by atoms with van der Waals surface area (Å²) >= 11 is 1.37. The molecule has 0 aliphatic heterocycles. The third kappa shape index (κ3) is 4.89. The van der Waals surface area contributed by atoms with Crippen molar-refractivity contribution in [3.05, 3.63) is 71.8 Å². The lowest BCUT2D eigenvalue weighted by atomic mass is 10.1. The van der Waals surface area contributed by atoms with Gasteiger partial charge in [0.15, 0.2) is 11.0 Å². The topological polar surface area (TPSA) is 59.8 Å². The van der Waals surface area contributed by atoms with Crippen LogP contribution in [0.1, 0.15) is 16.7 Å². The van der Waals surface area contributed by atoms with Gasteiger partial charge in [0.05, 0.1) is 5.75 Å². The van der Waals surface area contributed by atoms with Gasteiger partial charge in [0.25, 0.3) is 0 Å². The fraction of sp³-hybridized carbons (Fsp3) is 0.227. The SMILES string of the molecule is C=CCn1c(SCC(=O)Nc2cc(C)cc(C)c2)nnc1-c1cccc(C)c1. The highest BCUT2D eigenvalue weighted by Gasteiger charge is 2.15. The Balaban J connectivity index is 1.73. The maximum Gasteiger partial charge on any atom is 0.234 e. The molecule has 1 amide bonds. The van der Waals surface area contributed by atoms with E-state index in [2.05, 4.69) is 34.2 Å². The number of carbonyl (C=O) groups is 1. The van der Waals surface area contributed by atoms with Gasteiger partial charge < -0.3 is 5.32 Å². The predicted octanol–water partition coefficient (Wildman–Crippen LogP) is 4.79. The number of hydrogen-bond acceptors (Lipinski definition) is 4. The summed E-state index contributed by atoms with van der Waals surface area (Å²) in [5, 5.41) is 12.3. The third-order valence-electron chi connectivity index (χ3n) is 4.14. The van der Waals surface area contributed by atoms with Crippen LogP contribution in [-0.2, 0) is 11.3 Å². The highest BCUT2D eigenvalue weighted by atomic mass is 32.2. The molecule has 0 spiro atoms. The molecule has 1 heterocycles. The van der Waals surface area contributed by atoms with Gasteiger partial charge in [-0.05, 0) is 50.1 Å². The van der Waals surface area contributed by atoms with E-state index in [1.807, 2.05) is 61.7 Å². The highest BCUT2D eigenvalue weighted by Crippen LogP contribution is 2.25. The van der Waals surface area contributed by atoms with E-state index in [4.69, 9.17) is 0 Å². The van der Waals surface area contributed by atoms with Crippen molar-refractivity contribution >= 4 is 23.4 Å².